The maximum absolute atomic E-state index is 13.7. The van der Waals surface area contributed by atoms with Gasteiger partial charge in [-0.3, -0.25) is 4.79 Å². The minimum atomic E-state index is -1.41. The Bertz CT molecular complexity index is 796. The van der Waals surface area contributed by atoms with Gasteiger partial charge in [0.2, 0.25) is 0 Å². The van der Waals surface area contributed by atoms with E-state index in [0.29, 0.717) is 0 Å². The molecule has 0 heterocycles. The number of hydrogen-bond acceptors (Lipinski definition) is 2. The first-order valence-corrected chi connectivity index (χ1v) is 6.62. The Hall–Kier alpha value is -2.54. The second kappa shape index (κ2) is 6.70. The van der Waals surface area contributed by atoms with Crippen molar-refractivity contribution in [1.29, 1.82) is 0 Å². The van der Waals surface area contributed by atoms with Gasteiger partial charge in [0.25, 0.3) is 5.91 Å². The smallest absolute Gasteiger partial charge is 0.337 e. The molecule has 23 heavy (non-hydrogen) atoms. The molecular weight excluding hydrogens is 335 g/mol. The van der Waals surface area contributed by atoms with E-state index in [0.717, 1.165) is 24.3 Å². The van der Waals surface area contributed by atoms with Crippen molar-refractivity contribution in [2.45, 2.75) is 6.54 Å². The predicted octanol–water partition coefficient (Wildman–Crippen LogP) is 3.39. The minimum Gasteiger partial charge on any atom is -0.478 e. The van der Waals surface area contributed by atoms with Gasteiger partial charge in [-0.15, -0.1) is 0 Å². The van der Waals surface area contributed by atoms with Gasteiger partial charge in [-0.25, -0.2) is 18.0 Å². The molecule has 4 nitrogen and oxygen atoms in total. The lowest BCUT2D eigenvalue weighted by Gasteiger charge is -2.08. The number of amides is 1. The van der Waals surface area contributed by atoms with Crippen LogP contribution in [0, 0.1) is 17.5 Å². The highest BCUT2D eigenvalue weighted by molar-refractivity contribution is 6.33. The zero-order valence-corrected chi connectivity index (χ0v) is 12.1. The summed E-state index contributed by atoms with van der Waals surface area (Å²) in [6, 6.07) is 4.55. The maximum Gasteiger partial charge on any atom is 0.337 e. The van der Waals surface area contributed by atoms with Crippen LogP contribution < -0.4 is 5.32 Å². The van der Waals surface area contributed by atoms with Crippen molar-refractivity contribution in [2.75, 3.05) is 0 Å². The van der Waals surface area contributed by atoms with Crippen molar-refractivity contribution in [2.24, 2.45) is 0 Å². The van der Waals surface area contributed by atoms with E-state index in [1.807, 2.05) is 0 Å². The number of halogens is 4. The fraction of sp³-hybridized carbons (Fsp3) is 0.0667. The molecule has 0 atom stereocenters. The third-order valence-corrected chi connectivity index (χ3v) is 3.28. The number of carboxylic acids is 1. The number of aromatic carboxylic acids is 1. The summed E-state index contributed by atoms with van der Waals surface area (Å²) in [5, 5.41) is 10.9. The van der Waals surface area contributed by atoms with Crippen LogP contribution in [0.2, 0.25) is 5.02 Å². The lowest BCUT2D eigenvalue weighted by atomic mass is 10.1. The highest BCUT2D eigenvalue weighted by Crippen LogP contribution is 2.21. The van der Waals surface area contributed by atoms with Crippen molar-refractivity contribution in [3.63, 3.8) is 0 Å². The monoisotopic (exact) mass is 343 g/mol. The largest absolute Gasteiger partial charge is 0.478 e. The Labute approximate surface area is 133 Å². The first-order valence-electron chi connectivity index (χ1n) is 6.24. The van der Waals surface area contributed by atoms with Crippen LogP contribution in [0.4, 0.5) is 13.2 Å². The van der Waals surface area contributed by atoms with Crippen LogP contribution in [0.3, 0.4) is 0 Å². The molecule has 0 aromatic heterocycles. The molecule has 0 saturated carbocycles. The third-order valence-electron chi connectivity index (χ3n) is 2.97. The van der Waals surface area contributed by atoms with Crippen LogP contribution in [0.5, 0.6) is 0 Å². The highest BCUT2D eigenvalue weighted by Gasteiger charge is 2.18. The van der Waals surface area contributed by atoms with Gasteiger partial charge in [0.15, 0.2) is 11.6 Å². The summed E-state index contributed by atoms with van der Waals surface area (Å²) in [5.41, 5.74) is -0.689. The number of benzene rings is 2. The van der Waals surface area contributed by atoms with Crippen molar-refractivity contribution >= 4 is 23.5 Å². The van der Waals surface area contributed by atoms with Gasteiger partial charge in [0, 0.05) is 6.54 Å². The normalized spacial score (nSPS) is 10.4. The number of carboxylic acid groups (broad SMARTS) is 1. The number of rotatable bonds is 4. The lowest BCUT2D eigenvalue weighted by Crippen LogP contribution is -2.24. The van der Waals surface area contributed by atoms with Gasteiger partial charge < -0.3 is 10.4 Å². The third kappa shape index (κ3) is 3.81. The van der Waals surface area contributed by atoms with Crippen LogP contribution in [-0.2, 0) is 6.54 Å². The topological polar surface area (TPSA) is 66.4 Å². The molecule has 0 aliphatic carbocycles. The second-order valence-corrected chi connectivity index (χ2v) is 4.96. The van der Waals surface area contributed by atoms with Crippen molar-refractivity contribution in [3.05, 3.63) is 69.5 Å². The molecule has 0 fully saturated rings. The summed E-state index contributed by atoms with van der Waals surface area (Å²) in [4.78, 5) is 22.9. The molecule has 2 N–H and O–H groups in total. The summed E-state index contributed by atoms with van der Waals surface area (Å²) < 4.78 is 39.6. The molecule has 0 aliphatic heterocycles. The Kier molecular flexibility index (Phi) is 4.90. The summed E-state index contributed by atoms with van der Waals surface area (Å²) in [5.74, 6) is -5.43. The van der Waals surface area contributed by atoms with Crippen molar-refractivity contribution in [1.82, 2.24) is 5.32 Å². The molecule has 8 heteroatoms. The second-order valence-electron chi connectivity index (χ2n) is 4.55. The van der Waals surface area contributed by atoms with E-state index in [4.69, 9.17) is 16.7 Å². The maximum atomic E-state index is 13.7. The molecule has 2 rings (SSSR count). The van der Waals surface area contributed by atoms with E-state index in [1.54, 1.807) is 0 Å². The Morgan fingerprint density at radius 1 is 1.00 bits per heavy atom. The average molecular weight is 344 g/mol. The van der Waals surface area contributed by atoms with Crippen LogP contribution in [0.1, 0.15) is 26.3 Å². The van der Waals surface area contributed by atoms with Crippen LogP contribution >= 0.6 is 11.6 Å². The molecular formula is C15H9ClF3NO3. The van der Waals surface area contributed by atoms with Crippen LogP contribution in [0.25, 0.3) is 0 Å². The molecule has 2 aromatic rings. The number of carbonyl (C=O) groups is 2. The van der Waals surface area contributed by atoms with E-state index >= 15 is 0 Å². The first kappa shape index (κ1) is 16.8. The molecule has 0 unspecified atom stereocenters. The highest BCUT2D eigenvalue weighted by atomic mass is 35.5. The van der Waals surface area contributed by atoms with Crippen LogP contribution in [-0.4, -0.2) is 17.0 Å². The molecule has 0 saturated heterocycles. The van der Waals surface area contributed by atoms with Gasteiger partial charge in [-0.05, 0) is 29.8 Å². The number of hydrogen-bond donors (Lipinski definition) is 2. The van der Waals surface area contributed by atoms with Crippen molar-refractivity contribution in [3.8, 4) is 0 Å². The quantitative estimate of drug-likeness (QED) is 0.894. The molecule has 1 amide bonds. The SMILES string of the molecule is O=C(NCc1ccc(F)c(F)c1)c1cc(C(=O)O)c(Cl)cc1F. The van der Waals surface area contributed by atoms with E-state index < -0.39 is 40.5 Å². The summed E-state index contributed by atoms with van der Waals surface area (Å²) in [6.45, 7) is -0.194. The Morgan fingerprint density at radius 2 is 1.70 bits per heavy atom. The molecule has 120 valence electrons. The van der Waals surface area contributed by atoms with E-state index in [9.17, 15) is 22.8 Å². The first-order chi connectivity index (χ1) is 10.8. The summed E-state index contributed by atoms with van der Waals surface area (Å²) in [6.07, 6.45) is 0. The van der Waals surface area contributed by atoms with Gasteiger partial charge >= 0.3 is 5.97 Å². The van der Waals surface area contributed by atoms with Gasteiger partial charge in [0.05, 0.1) is 16.1 Å². The number of carbonyl (C=O) groups excluding carboxylic acids is 1. The van der Waals surface area contributed by atoms with Gasteiger partial charge in [-0.1, -0.05) is 17.7 Å². The average Bonchev–Trinajstić information content (AvgIpc) is 2.47. The molecule has 0 spiro atoms. The van der Waals surface area contributed by atoms with Gasteiger partial charge in [-0.2, -0.15) is 0 Å². The van der Waals surface area contributed by atoms with E-state index in [1.165, 1.54) is 6.07 Å². The fourth-order valence-electron chi connectivity index (χ4n) is 1.81. The zero-order valence-electron chi connectivity index (χ0n) is 11.4. The van der Waals surface area contributed by atoms with E-state index in [2.05, 4.69) is 5.32 Å². The Morgan fingerprint density at radius 3 is 2.30 bits per heavy atom. The molecule has 0 bridgehead atoms. The predicted molar refractivity (Wildman–Crippen MR) is 75.9 cm³/mol. The summed E-state index contributed by atoms with van der Waals surface area (Å²) >= 11 is 5.58. The molecule has 0 aliphatic rings. The fourth-order valence-corrected chi connectivity index (χ4v) is 2.05. The molecule has 0 radical (unpaired) electrons. The lowest BCUT2D eigenvalue weighted by molar-refractivity contribution is 0.0697. The minimum absolute atomic E-state index is 0.194. The molecule has 2 aromatic carbocycles. The summed E-state index contributed by atoms with van der Waals surface area (Å²) in [7, 11) is 0. The van der Waals surface area contributed by atoms with Crippen LogP contribution in [0.15, 0.2) is 30.3 Å². The standard InChI is InChI=1S/C15H9ClF3NO3/c16-10-5-12(18)9(4-8(10)15(22)23)14(21)20-6-7-1-2-11(17)13(19)3-7/h1-5H,6H2,(H,20,21)(H,22,23). The number of nitrogens with one attached hydrogen (secondary N) is 1. The Balaban J connectivity index is 2.19. The van der Waals surface area contributed by atoms with Gasteiger partial charge in [0.1, 0.15) is 5.82 Å². The van der Waals surface area contributed by atoms with E-state index in [-0.39, 0.29) is 17.1 Å². The zero-order chi connectivity index (χ0) is 17.1. The van der Waals surface area contributed by atoms with Crippen molar-refractivity contribution < 1.29 is 27.9 Å².